The molecule has 0 aromatic rings. The molecule has 12 heavy (non-hydrogen) atoms. The quantitative estimate of drug-likeness (QED) is 0.267. The van der Waals surface area contributed by atoms with E-state index in [9.17, 15) is 9.59 Å². The zero-order valence-corrected chi connectivity index (χ0v) is 6.82. The highest BCUT2D eigenvalue weighted by atomic mass is 16.5. The highest BCUT2D eigenvalue weighted by molar-refractivity contribution is 5.90. The summed E-state index contributed by atoms with van der Waals surface area (Å²) in [7, 11) is 1.50. The summed E-state index contributed by atoms with van der Waals surface area (Å²) in [5.74, 6) is 4.26. The number of amides is 2. The van der Waals surface area contributed by atoms with Crippen molar-refractivity contribution in [1.82, 2.24) is 5.01 Å². The van der Waals surface area contributed by atoms with E-state index >= 15 is 0 Å². The monoisotopic (exact) mass is 176 g/mol. The van der Waals surface area contributed by atoms with Gasteiger partial charge in [-0.1, -0.05) is 0 Å². The smallest absolute Gasteiger partial charge is 0.428 e. The molecule has 0 aliphatic heterocycles. The van der Waals surface area contributed by atoms with Gasteiger partial charge in [0.25, 0.3) is 0 Å². The Balaban J connectivity index is 3.65. The summed E-state index contributed by atoms with van der Waals surface area (Å²) in [5.41, 5.74) is 0. The lowest BCUT2D eigenvalue weighted by molar-refractivity contribution is -0.129. The maximum Gasteiger partial charge on any atom is 0.428 e. The molecule has 0 aliphatic carbocycles. The second-order valence-corrected chi connectivity index (χ2v) is 2.14. The number of nitrogens with two attached hydrogens (primary N) is 1. The fraction of sp³-hybridized carbons (Fsp3) is 0.667. The van der Waals surface area contributed by atoms with Crippen molar-refractivity contribution >= 4 is 12.0 Å². The number of ether oxygens (including phenoxy) is 1. The van der Waals surface area contributed by atoms with Crippen molar-refractivity contribution in [2.24, 2.45) is 5.84 Å². The van der Waals surface area contributed by atoms with E-state index in [1.807, 2.05) is 0 Å². The zero-order valence-electron chi connectivity index (χ0n) is 6.82. The van der Waals surface area contributed by atoms with Crippen molar-refractivity contribution in [2.75, 3.05) is 13.7 Å². The van der Waals surface area contributed by atoms with Crippen molar-refractivity contribution in [3.05, 3.63) is 0 Å². The SMILES string of the molecule is COCCCC(=O)N(N)C(=O)O. The van der Waals surface area contributed by atoms with Gasteiger partial charge < -0.3 is 9.84 Å². The summed E-state index contributed by atoms with van der Waals surface area (Å²) in [6.07, 6.45) is -0.898. The van der Waals surface area contributed by atoms with Crippen molar-refractivity contribution < 1.29 is 19.4 Å². The minimum atomic E-state index is -1.45. The van der Waals surface area contributed by atoms with Gasteiger partial charge in [-0.25, -0.2) is 10.6 Å². The number of methoxy groups -OCH3 is 1. The number of carboxylic acid groups (broad SMARTS) is 1. The van der Waals surface area contributed by atoms with Crippen LogP contribution in [0.2, 0.25) is 0 Å². The van der Waals surface area contributed by atoms with Crippen LogP contribution in [0.5, 0.6) is 0 Å². The standard InChI is InChI=1S/C6H12N2O4/c1-12-4-2-3-5(9)8(7)6(10)11/h2-4,7H2,1H3,(H,10,11). The summed E-state index contributed by atoms with van der Waals surface area (Å²) in [6.45, 7) is 0.416. The molecule has 0 heterocycles. The van der Waals surface area contributed by atoms with Crippen LogP contribution >= 0.6 is 0 Å². The van der Waals surface area contributed by atoms with Crippen LogP contribution in [0.3, 0.4) is 0 Å². The van der Waals surface area contributed by atoms with Crippen LogP contribution in [0.1, 0.15) is 12.8 Å². The lowest BCUT2D eigenvalue weighted by Gasteiger charge is -2.09. The first-order chi connectivity index (χ1) is 5.59. The molecule has 0 atom stereocenters. The first-order valence-electron chi connectivity index (χ1n) is 3.39. The number of nitrogens with zero attached hydrogens (tertiary/aromatic N) is 1. The maximum absolute atomic E-state index is 10.8. The van der Waals surface area contributed by atoms with Gasteiger partial charge >= 0.3 is 6.09 Å². The first kappa shape index (κ1) is 10.9. The topological polar surface area (TPSA) is 92.9 Å². The molecule has 6 heteroatoms. The third-order valence-corrected chi connectivity index (χ3v) is 1.21. The lowest BCUT2D eigenvalue weighted by Crippen LogP contribution is -2.41. The van der Waals surface area contributed by atoms with Crippen LogP contribution < -0.4 is 5.84 Å². The van der Waals surface area contributed by atoms with Gasteiger partial charge in [0.2, 0.25) is 5.91 Å². The second-order valence-electron chi connectivity index (χ2n) is 2.14. The van der Waals surface area contributed by atoms with Crippen LogP contribution in [0.15, 0.2) is 0 Å². The molecule has 0 fully saturated rings. The van der Waals surface area contributed by atoms with Crippen LogP contribution in [0, 0.1) is 0 Å². The Bertz CT molecular complexity index is 171. The average Bonchev–Trinajstić information content (AvgIpc) is 2.03. The maximum atomic E-state index is 10.8. The van der Waals surface area contributed by atoms with Gasteiger partial charge in [0.15, 0.2) is 0 Å². The number of hydrogen-bond acceptors (Lipinski definition) is 4. The molecule has 0 saturated carbocycles. The second kappa shape index (κ2) is 5.50. The Labute approximate surface area is 69.9 Å². The Kier molecular flexibility index (Phi) is 4.98. The van der Waals surface area contributed by atoms with E-state index in [1.165, 1.54) is 7.11 Å². The molecule has 0 rings (SSSR count). The van der Waals surface area contributed by atoms with Gasteiger partial charge in [-0.3, -0.25) is 4.79 Å². The largest absolute Gasteiger partial charge is 0.464 e. The van der Waals surface area contributed by atoms with E-state index in [0.29, 0.717) is 13.0 Å². The Morgan fingerprint density at radius 3 is 2.58 bits per heavy atom. The number of hydrazine groups is 1. The molecule has 0 spiro atoms. The molecule has 3 N–H and O–H groups in total. The minimum absolute atomic E-state index is 0.0800. The van der Waals surface area contributed by atoms with E-state index in [0.717, 1.165) is 0 Å². The van der Waals surface area contributed by atoms with Crippen molar-refractivity contribution in [1.29, 1.82) is 0 Å². The summed E-state index contributed by atoms with van der Waals surface area (Å²) >= 11 is 0. The Hall–Kier alpha value is -1.14. The number of carbonyl (C=O) groups excluding carboxylic acids is 1. The molecule has 0 unspecified atom stereocenters. The van der Waals surface area contributed by atoms with Crippen LogP contribution in [-0.4, -0.2) is 35.8 Å². The molecule has 0 radical (unpaired) electrons. The molecule has 0 aromatic carbocycles. The van der Waals surface area contributed by atoms with Crippen LogP contribution in [0.4, 0.5) is 4.79 Å². The number of imide groups is 1. The van der Waals surface area contributed by atoms with Crippen LogP contribution in [0.25, 0.3) is 0 Å². The van der Waals surface area contributed by atoms with Gasteiger partial charge in [-0.2, -0.15) is 5.01 Å². The Morgan fingerprint density at radius 1 is 1.58 bits per heavy atom. The highest BCUT2D eigenvalue weighted by Gasteiger charge is 2.14. The van der Waals surface area contributed by atoms with E-state index in [2.05, 4.69) is 4.74 Å². The van der Waals surface area contributed by atoms with Gasteiger partial charge in [0, 0.05) is 20.1 Å². The summed E-state index contributed by atoms with van der Waals surface area (Å²) in [4.78, 5) is 20.9. The number of carbonyl (C=O) groups is 2. The minimum Gasteiger partial charge on any atom is -0.464 e. The fourth-order valence-electron chi connectivity index (χ4n) is 0.595. The average molecular weight is 176 g/mol. The third-order valence-electron chi connectivity index (χ3n) is 1.21. The van der Waals surface area contributed by atoms with Crippen molar-refractivity contribution in [2.45, 2.75) is 12.8 Å². The molecule has 6 nitrogen and oxygen atoms in total. The number of rotatable bonds is 4. The predicted octanol–water partition coefficient (Wildman–Crippen LogP) is -0.207. The molecule has 0 bridgehead atoms. The van der Waals surface area contributed by atoms with Gasteiger partial charge in [-0.15, -0.1) is 0 Å². The normalized spacial score (nSPS) is 9.50. The van der Waals surface area contributed by atoms with E-state index in [4.69, 9.17) is 10.9 Å². The summed E-state index contributed by atoms with van der Waals surface area (Å²) in [6, 6.07) is 0. The van der Waals surface area contributed by atoms with Crippen LogP contribution in [-0.2, 0) is 9.53 Å². The fourth-order valence-corrected chi connectivity index (χ4v) is 0.595. The van der Waals surface area contributed by atoms with Crippen molar-refractivity contribution in [3.63, 3.8) is 0 Å². The highest BCUT2D eigenvalue weighted by Crippen LogP contribution is 1.94. The van der Waals surface area contributed by atoms with Gasteiger partial charge in [0.1, 0.15) is 0 Å². The van der Waals surface area contributed by atoms with E-state index < -0.39 is 12.0 Å². The van der Waals surface area contributed by atoms with Crippen molar-refractivity contribution in [3.8, 4) is 0 Å². The molecule has 0 aromatic heterocycles. The zero-order chi connectivity index (χ0) is 9.56. The lowest BCUT2D eigenvalue weighted by atomic mass is 10.3. The molecular formula is C6H12N2O4. The molecule has 0 saturated heterocycles. The molecule has 2 amide bonds. The summed E-state index contributed by atoms with van der Waals surface area (Å²) < 4.78 is 4.67. The Morgan fingerprint density at radius 2 is 2.17 bits per heavy atom. The first-order valence-corrected chi connectivity index (χ1v) is 3.39. The van der Waals surface area contributed by atoms with Gasteiger partial charge in [-0.05, 0) is 6.42 Å². The van der Waals surface area contributed by atoms with E-state index in [1.54, 1.807) is 0 Å². The molecule has 70 valence electrons. The third kappa shape index (κ3) is 3.89. The number of hydrogen-bond donors (Lipinski definition) is 2. The van der Waals surface area contributed by atoms with E-state index in [-0.39, 0.29) is 11.4 Å². The molecule has 0 aliphatic rings. The molecular weight excluding hydrogens is 164 g/mol. The predicted molar refractivity (Wildman–Crippen MR) is 40.2 cm³/mol. The van der Waals surface area contributed by atoms with Gasteiger partial charge in [0.05, 0.1) is 0 Å². The summed E-state index contributed by atoms with van der Waals surface area (Å²) in [5, 5.41) is 8.43.